The van der Waals surface area contributed by atoms with Crippen molar-refractivity contribution in [2.24, 2.45) is 0 Å². The van der Waals surface area contributed by atoms with Crippen LogP contribution in [-0.2, 0) is 32.2 Å². The summed E-state index contributed by atoms with van der Waals surface area (Å²) in [7, 11) is 1.82. The quantitative estimate of drug-likeness (QED) is 0.477. The molecule has 2 aliphatic rings. The maximum absolute atomic E-state index is 6.05. The fraction of sp³-hybridized carbons (Fsp3) is 0.414. The second kappa shape index (κ2) is 9.07. The molecule has 3 nitrogen and oxygen atoms in total. The van der Waals surface area contributed by atoms with Gasteiger partial charge in [0.05, 0.1) is 12.8 Å². The number of methoxy groups -OCH3 is 1. The predicted molar refractivity (Wildman–Crippen MR) is 131 cm³/mol. The minimum Gasteiger partial charge on any atom is -0.496 e. The zero-order valence-corrected chi connectivity index (χ0v) is 19.7. The summed E-state index contributed by atoms with van der Waals surface area (Å²) in [4.78, 5) is 7.95. The minimum absolute atomic E-state index is 0.385. The Morgan fingerprint density at radius 1 is 0.969 bits per heavy atom. The molecule has 0 N–H and O–H groups in total. The highest BCUT2D eigenvalue weighted by molar-refractivity contribution is 5.70. The number of aryl methyl sites for hydroxylation is 3. The molecule has 166 valence electrons. The summed E-state index contributed by atoms with van der Waals surface area (Å²) in [6.07, 6.45) is 6.56. The molecule has 0 amide bonds. The van der Waals surface area contributed by atoms with Crippen molar-refractivity contribution >= 4 is 0 Å². The van der Waals surface area contributed by atoms with Crippen molar-refractivity contribution in [3.63, 3.8) is 0 Å². The van der Waals surface area contributed by atoms with Gasteiger partial charge in [-0.2, -0.15) is 0 Å². The van der Waals surface area contributed by atoms with Crippen LogP contribution in [0.4, 0.5) is 0 Å². The molecule has 0 saturated carbocycles. The lowest BCUT2D eigenvalue weighted by Crippen LogP contribution is -2.36. The van der Waals surface area contributed by atoms with Crippen LogP contribution >= 0.6 is 0 Å². The molecule has 1 aliphatic carbocycles. The number of rotatable bonds is 5. The lowest BCUT2D eigenvalue weighted by Gasteiger charge is -2.39. The topological polar surface area (TPSA) is 25.4 Å². The van der Waals surface area contributed by atoms with Gasteiger partial charge >= 0.3 is 0 Å². The molecule has 2 heterocycles. The van der Waals surface area contributed by atoms with Crippen molar-refractivity contribution in [1.82, 2.24) is 9.88 Å². The van der Waals surface area contributed by atoms with Crippen molar-refractivity contribution in [2.75, 3.05) is 13.7 Å². The third-order valence-corrected chi connectivity index (χ3v) is 7.40. The first-order valence-corrected chi connectivity index (χ1v) is 12.2. The van der Waals surface area contributed by atoms with Crippen LogP contribution in [-0.4, -0.2) is 23.5 Å². The monoisotopic (exact) mass is 426 g/mol. The molecule has 0 radical (unpaired) electrons. The van der Waals surface area contributed by atoms with Crippen molar-refractivity contribution in [3.8, 4) is 17.0 Å². The van der Waals surface area contributed by atoms with Crippen molar-refractivity contribution in [2.45, 2.75) is 65.0 Å². The number of hydrogen-bond acceptors (Lipinski definition) is 3. The summed E-state index contributed by atoms with van der Waals surface area (Å²) in [5.74, 6) is 1.02. The molecule has 3 heteroatoms. The zero-order chi connectivity index (χ0) is 22.1. The van der Waals surface area contributed by atoms with Crippen molar-refractivity contribution < 1.29 is 4.74 Å². The van der Waals surface area contributed by atoms with Crippen LogP contribution in [0, 0.1) is 0 Å². The van der Waals surface area contributed by atoms with Gasteiger partial charge in [-0.15, -0.1) is 0 Å². The van der Waals surface area contributed by atoms with Gasteiger partial charge in [0, 0.05) is 42.0 Å². The minimum atomic E-state index is 0.385. The Balaban J connectivity index is 1.57. The number of ether oxygens (including phenoxy) is 1. The first kappa shape index (κ1) is 21.2. The van der Waals surface area contributed by atoms with Crippen LogP contribution in [0.5, 0.6) is 5.75 Å². The normalized spacial score (nSPS) is 18.2. The van der Waals surface area contributed by atoms with Crippen LogP contribution in [0.2, 0.25) is 0 Å². The second-order valence-electron chi connectivity index (χ2n) is 9.13. The summed E-state index contributed by atoms with van der Waals surface area (Å²) < 4.78 is 6.05. The van der Waals surface area contributed by atoms with Gasteiger partial charge in [0.2, 0.25) is 0 Å². The predicted octanol–water partition coefficient (Wildman–Crippen LogP) is 6.32. The number of hydrogen-bond donors (Lipinski definition) is 0. The zero-order valence-electron chi connectivity index (χ0n) is 19.7. The van der Waals surface area contributed by atoms with Gasteiger partial charge in [0.25, 0.3) is 0 Å². The molecular formula is C29H34N2O. The SMILES string of the molecule is CCc1cccc(CC)c1-c1cc(OC)c2c(n1)CCCC2N1CCc2ccccc2C1. The van der Waals surface area contributed by atoms with Crippen molar-refractivity contribution in [3.05, 3.63) is 82.0 Å². The Kier molecular flexibility index (Phi) is 6.01. The third-order valence-electron chi connectivity index (χ3n) is 7.40. The van der Waals surface area contributed by atoms with E-state index in [4.69, 9.17) is 9.72 Å². The number of nitrogens with zero attached hydrogens (tertiary/aromatic N) is 2. The Bertz CT molecular complexity index is 1080. The summed E-state index contributed by atoms with van der Waals surface area (Å²) in [6.45, 7) is 6.59. The molecule has 1 aliphatic heterocycles. The fourth-order valence-corrected chi connectivity index (χ4v) is 5.75. The number of benzene rings is 2. The first-order chi connectivity index (χ1) is 15.7. The standard InChI is InChI=1S/C29H34N2O/c1-4-20-12-8-13-21(5-2)28(20)25-18-27(32-3)29-24(30-25)14-9-15-26(29)31-17-16-22-10-6-7-11-23(22)19-31/h6-8,10-13,18,26H,4-5,9,14-17,19H2,1-3H3. The molecule has 0 saturated heterocycles. The molecule has 3 aromatic rings. The Morgan fingerprint density at radius 3 is 2.44 bits per heavy atom. The van der Waals surface area contributed by atoms with E-state index in [1.54, 1.807) is 0 Å². The number of fused-ring (bicyclic) bond motifs is 2. The Hall–Kier alpha value is -2.65. The van der Waals surface area contributed by atoms with Crippen LogP contribution in [0.25, 0.3) is 11.3 Å². The molecule has 0 fully saturated rings. The molecule has 2 aromatic carbocycles. The fourth-order valence-electron chi connectivity index (χ4n) is 5.75. The largest absolute Gasteiger partial charge is 0.496 e. The molecule has 1 aromatic heterocycles. The maximum Gasteiger partial charge on any atom is 0.127 e. The summed E-state index contributed by atoms with van der Waals surface area (Å²) in [5.41, 5.74) is 10.7. The average molecular weight is 427 g/mol. The Labute approximate surface area is 192 Å². The highest BCUT2D eigenvalue weighted by Crippen LogP contribution is 2.43. The molecule has 32 heavy (non-hydrogen) atoms. The molecule has 1 atom stereocenters. The van der Waals surface area contributed by atoms with Gasteiger partial charge in [-0.05, 0) is 60.8 Å². The Morgan fingerprint density at radius 2 is 1.72 bits per heavy atom. The second-order valence-corrected chi connectivity index (χ2v) is 9.13. The van der Waals surface area contributed by atoms with E-state index < -0.39 is 0 Å². The number of aromatic nitrogens is 1. The highest BCUT2D eigenvalue weighted by atomic mass is 16.5. The molecular weight excluding hydrogens is 392 g/mol. The van der Waals surface area contributed by atoms with Crippen molar-refractivity contribution in [1.29, 1.82) is 0 Å². The van der Waals surface area contributed by atoms with E-state index >= 15 is 0 Å². The van der Waals surface area contributed by atoms with Crippen LogP contribution in [0.3, 0.4) is 0 Å². The summed E-state index contributed by atoms with van der Waals surface area (Å²) in [5, 5.41) is 0. The lowest BCUT2D eigenvalue weighted by atomic mass is 9.86. The molecule has 0 bridgehead atoms. The summed E-state index contributed by atoms with van der Waals surface area (Å²) in [6, 6.07) is 18.2. The van der Waals surface area contributed by atoms with Gasteiger partial charge in [0.1, 0.15) is 5.75 Å². The maximum atomic E-state index is 6.05. The number of pyridine rings is 1. The summed E-state index contributed by atoms with van der Waals surface area (Å²) >= 11 is 0. The van der Waals surface area contributed by atoms with E-state index in [1.807, 2.05) is 7.11 Å². The van der Waals surface area contributed by atoms with Gasteiger partial charge in [-0.3, -0.25) is 9.88 Å². The van der Waals surface area contributed by atoms with E-state index in [9.17, 15) is 0 Å². The van der Waals surface area contributed by atoms with E-state index in [0.717, 1.165) is 50.2 Å². The molecule has 1 unspecified atom stereocenters. The first-order valence-electron chi connectivity index (χ1n) is 12.2. The van der Waals surface area contributed by atoms with E-state index in [0.29, 0.717) is 6.04 Å². The smallest absolute Gasteiger partial charge is 0.127 e. The van der Waals surface area contributed by atoms with E-state index in [-0.39, 0.29) is 0 Å². The average Bonchev–Trinajstić information content (AvgIpc) is 2.86. The van der Waals surface area contributed by atoms with Crippen LogP contribution in [0.1, 0.15) is 66.2 Å². The highest BCUT2D eigenvalue weighted by Gasteiger charge is 2.32. The van der Waals surface area contributed by atoms with E-state index in [1.165, 1.54) is 51.9 Å². The van der Waals surface area contributed by atoms with Gasteiger partial charge in [-0.1, -0.05) is 56.3 Å². The molecule has 5 rings (SSSR count). The lowest BCUT2D eigenvalue weighted by molar-refractivity contribution is 0.158. The molecule has 0 spiro atoms. The third kappa shape index (κ3) is 3.73. The van der Waals surface area contributed by atoms with Gasteiger partial charge in [0.15, 0.2) is 0 Å². The van der Waals surface area contributed by atoms with Gasteiger partial charge < -0.3 is 4.74 Å². The van der Waals surface area contributed by atoms with Crippen LogP contribution < -0.4 is 4.74 Å². The van der Waals surface area contributed by atoms with Crippen LogP contribution in [0.15, 0.2) is 48.5 Å². The van der Waals surface area contributed by atoms with E-state index in [2.05, 4.69) is 67.3 Å². The van der Waals surface area contributed by atoms with Gasteiger partial charge in [-0.25, -0.2) is 0 Å².